The number of carbonyl (C=O) groups excluding carboxylic acids is 2. The summed E-state index contributed by atoms with van der Waals surface area (Å²) in [5, 5.41) is 0. The van der Waals surface area contributed by atoms with Crippen molar-refractivity contribution in [3.05, 3.63) is 0 Å². The Labute approximate surface area is 144 Å². The van der Waals surface area contributed by atoms with Gasteiger partial charge in [-0.2, -0.15) is 0 Å². The number of esters is 2. The van der Waals surface area contributed by atoms with Gasteiger partial charge >= 0.3 is 11.9 Å². The second-order valence-electron chi connectivity index (χ2n) is 9.37. The molecule has 134 valence electrons. The topological polar surface area (TPSA) is 52.6 Å². The zero-order valence-electron chi connectivity index (χ0n) is 15.2. The Balaban J connectivity index is 1.68. The number of cyclic esters (lactones) is 1. The minimum atomic E-state index is -0.467. The van der Waals surface area contributed by atoms with Crippen molar-refractivity contribution in [3.63, 3.8) is 0 Å². The summed E-state index contributed by atoms with van der Waals surface area (Å²) in [6.07, 6.45) is 7.20. The van der Waals surface area contributed by atoms with Gasteiger partial charge in [-0.3, -0.25) is 9.59 Å². The van der Waals surface area contributed by atoms with Crippen molar-refractivity contribution >= 4 is 11.9 Å². The SMILES string of the molecule is CCC(C)(C)C(=O)OC1(C2COC(=O)C2)C2CC3CC(C2)CC1C3. The van der Waals surface area contributed by atoms with E-state index in [9.17, 15) is 9.59 Å². The lowest BCUT2D eigenvalue weighted by molar-refractivity contribution is -0.235. The summed E-state index contributed by atoms with van der Waals surface area (Å²) >= 11 is 0. The van der Waals surface area contributed by atoms with Gasteiger partial charge < -0.3 is 9.47 Å². The van der Waals surface area contributed by atoms with Crippen LogP contribution in [0, 0.1) is 35.0 Å². The van der Waals surface area contributed by atoms with Gasteiger partial charge in [-0.25, -0.2) is 0 Å². The molecule has 1 saturated heterocycles. The van der Waals surface area contributed by atoms with Gasteiger partial charge in [-0.1, -0.05) is 6.92 Å². The first kappa shape index (κ1) is 16.4. The van der Waals surface area contributed by atoms with Crippen LogP contribution in [0.3, 0.4) is 0 Å². The highest BCUT2D eigenvalue weighted by molar-refractivity contribution is 5.77. The van der Waals surface area contributed by atoms with Crippen molar-refractivity contribution in [2.75, 3.05) is 6.61 Å². The molecule has 1 unspecified atom stereocenters. The summed E-state index contributed by atoms with van der Waals surface area (Å²) in [4.78, 5) is 24.8. The number of hydrogen-bond donors (Lipinski definition) is 0. The highest BCUT2D eigenvalue weighted by Crippen LogP contribution is 2.63. The van der Waals surface area contributed by atoms with Gasteiger partial charge in [0, 0.05) is 17.8 Å². The van der Waals surface area contributed by atoms with E-state index in [1.165, 1.54) is 6.42 Å². The predicted octanol–water partition coefficient (Wildman–Crippen LogP) is 3.72. The standard InChI is InChI=1S/C20H30O4/c1-4-19(2,3)18(22)24-20(16-10-17(21)23-11-16)14-6-12-5-13(8-14)9-15(20)7-12/h12-16H,4-11H2,1-3H3. The molecule has 4 bridgehead atoms. The van der Waals surface area contributed by atoms with Crippen molar-refractivity contribution in [3.8, 4) is 0 Å². The maximum atomic E-state index is 13.0. The minimum Gasteiger partial charge on any atom is -0.465 e. The molecule has 5 rings (SSSR count). The highest BCUT2D eigenvalue weighted by Gasteiger charge is 2.64. The molecule has 0 spiro atoms. The van der Waals surface area contributed by atoms with Crippen LogP contribution >= 0.6 is 0 Å². The Bertz CT molecular complexity index is 522. The quantitative estimate of drug-likeness (QED) is 0.735. The monoisotopic (exact) mass is 334 g/mol. The van der Waals surface area contributed by atoms with Gasteiger partial charge in [0.25, 0.3) is 0 Å². The van der Waals surface area contributed by atoms with Crippen LogP contribution in [0.25, 0.3) is 0 Å². The average molecular weight is 334 g/mol. The maximum Gasteiger partial charge on any atom is 0.312 e. The van der Waals surface area contributed by atoms with Gasteiger partial charge in [0.2, 0.25) is 0 Å². The smallest absolute Gasteiger partial charge is 0.312 e. The molecule has 0 aromatic heterocycles. The lowest BCUT2D eigenvalue weighted by Gasteiger charge is -2.62. The predicted molar refractivity (Wildman–Crippen MR) is 89.0 cm³/mol. The molecule has 1 atom stereocenters. The molecule has 1 aliphatic heterocycles. The average Bonchev–Trinajstić information content (AvgIpc) is 2.97. The normalized spacial score (nSPS) is 43.8. The van der Waals surface area contributed by atoms with E-state index in [0.717, 1.165) is 43.9 Å². The number of carbonyl (C=O) groups is 2. The van der Waals surface area contributed by atoms with Crippen molar-refractivity contribution in [1.82, 2.24) is 0 Å². The highest BCUT2D eigenvalue weighted by atomic mass is 16.6. The third kappa shape index (κ3) is 2.32. The maximum absolute atomic E-state index is 13.0. The van der Waals surface area contributed by atoms with E-state index in [-0.39, 0.29) is 17.9 Å². The summed E-state index contributed by atoms with van der Waals surface area (Å²) < 4.78 is 11.7. The molecular formula is C20H30O4. The van der Waals surface area contributed by atoms with Crippen molar-refractivity contribution < 1.29 is 19.1 Å². The lowest BCUT2D eigenvalue weighted by Crippen LogP contribution is -2.64. The van der Waals surface area contributed by atoms with Crippen LogP contribution in [0.2, 0.25) is 0 Å². The minimum absolute atomic E-state index is 0.0524. The van der Waals surface area contributed by atoms with Gasteiger partial charge in [-0.05, 0) is 64.2 Å². The van der Waals surface area contributed by atoms with E-state index < -0.39 is 11.0 Å². The van der Waals surface area contributed by atoms with Crippen LogP contribution in [0.15, 0.2) is 0 Å². The second-order valence-corrected chi connectivity index (χ2v) is 9.37. The van der Waals surface area contributed by atoms with Gasteiger partial charge in [0.05, 0.1) is 18.4 Å². The first-order valence-corrected chi connectivity index (χ1v) is 9.74. The largest absolute Gasteiger partial charge is 0.465 e. The lowest BCUT2D eigenvalue weighted by atomic mass is 9.47. The van der Waals surface area contributed by atoms with Crippen molar-refractivity contribution in [1.29, 1.82) is 0 Å². The number of ether oxygens (including phenoxy) is 2. The Hall–Kier alpha value is -1.06. The van der Waals surface area contributed by atoms with E-state index in [1.54, 1.807) is 0 Å². The zero-order chi connectivity index (χ0) is 17.1. The Morgan fingerprint density at radius 3 is 2.17 bits per heavy atom. The fourth-order valence-electron chi connectivity index (χ4n) is 6.08. The van der Waals surface area contributed by atoms with Gasteiger partial charge in [-0.15, -0.1) is 0 Å². The van der Waals surface area contributed by atoms with Gasteiger partial charge in [0.1, 0.15) is 5.60 Å². The van der Waals surface area contributed by atoms with Crippen LogP contribution in [0.4, 0.5) is 0 Å². The summed E-state index contributed by atoms with van der Waals surface area (Å²) in [7, 11) is 0. The molecule has 0 aromatic carbocycles. The molecule has 4 nitrogen and oxygen atoms in total. The van der Waals surface area contributed by atoms with E-state index in [2.05, 4.69) is 0 Å². The van der Waals surface area contributed by atoms with Crippen LogP contribution in [0.1, 0.15) is 65.7 Å². The van der Waals surface area contributed by atoms with Gasteiger partial charge in [0.15, 0.2) is 0 Å². The molecule has 4 heteroatoms. The fourth-order valence-corrected chi connectivity index (χ4v) is 6.08. The number of hydrogen-bond acceptors (Lipinski definition) is 4. The third-order valence-electron chi connectivity index (χ3n) is 7.62. The first-order valence-electron chi connectivity index (χ1n) is 9.74. The molecule has 4 aliphatic carbocycles. The third-order valence-corrected chi connectivity index (χ3v) is 7.62. The van der Waals surface area contributed by atoms with E-state index in [4.69, 9.17) is 9.47 Å². The summed E-state index contributed by atoms with van der Waals surface area (Å²) in [5.74, 6) is 2.29. The zero-order valence-corrected chi connectivity index (χ0v) is 15.2. The summed E-state index contributed by atoms with van der Waals surface area (Å²) in [5.41, 5.74) is -0.922. The van der Waals surface area contributed by atoms with Crippen LogP contribution in [-0.2, 0) is 19.1 Å². The molecule has 4 saturated carbocycles. The molecule has 5 fully saturated rings. The molecule has 24 heavy (non-hydrogen) atoms. The van der Waals surface area contributed by atoms with E-state index >= 15 is 0 Å². The number of rotatable bonds is 4. The second kappa shape index (κ2) is 5.47. The van der Waals surface area contributed by atoms with Crippen LogP contribution in [-0.4, -0.2) is 24.1 Å². The molecule has 0 N–H and O–H groups in total. The summed E-state index contributed by atoms with van der Waals surface area (Å²) in [6.45, 7) is 6.40. The van der Waals surface area contributed by atoms with E-state index in [0.29, 0.717) is 24.9 Å². The van der Waals surface area contributed by atoms with Crippen LogP contribution < -0.4 is 0 Å². The first-order chi connectivity index (χ1) is 11.3. The summed E-state index contributed by atoms with van der Waals surface area (Å²) in [6, 6.07) is 0. The fraction of sp³-hybridized carbons (Fsp3) is 0.900. The molecule has 0 amide bonds. The Morgan fingerprint density at radius 1 is 1.12 bits per heavy atom. The van der Waals surface area contributed by atoms with Crippen LogP contribution in [0.5, 0.6) is 0 Å². The molecule has 1 heterocycles. The Morgan fingerprint density at radius 2 is 1.71 bits per heavy atom. The molecule has 0 radical (unpaired) electrons. The molecular weight excluding hydrogens is 304 g/mol. The molecule has 0 aromatic rings. The Kier molecular flexibility index (Phi) is 3.74. The molecule has 5 aliphatic rings. The van der Waals surface area contributed by atoms with Crippen molar-refractivity contribution in [2.45, 2.75) is 71.3 Å². The van der Waals surface area contributed by atoms with Crippen molar-refractivity contribution in [2.24, 2.45) is 35.0 Å². The van der Waals surface area contributed by atoms with E-state index in [1.807, 2.05) is 20.8 Å².